The summed E-state index contributed by atoms with van der Waals surface area (Å²) in [6.45, 7) is 3.52. The summed E-state index contributed by atoms with van der Waals surface area (Å²) in [5.41, 5.74) is 4.67. The van der Waals surface area contributed by atoms with Crippen LogP contribution < -0.4 is 0 Å². The number of likely N-dealkylation sites (tertiary alicyclic amines) is 1. The van der Waals surface area contributed by atoms with E-state index in [1.165, 1.54) is 0 Å². The molecular weight excluding hydrogens is 352 g/mol. The maximum atomic E-state index is 12.8. The van der Waals surface area contributed by atoms with Gasteiger partial charge in [-0.25, -0.2) is 4.98 Å². The number of hydrogen-bond acceptors (Lipinski definition) is 4. The number of para-hydroxylation sites is 2. The van der Waals surface area contributed by atoms with Crippen molar-refractivity contribution in [3.63, 3.8) is 0 Å². The van der Waals surface area contributed by atoms with Gasteiger partial charge in [0.05, 0.1) is 17.5 Å². The number of piperidine rings is 1. The van der Waals surface area contributed by atoms with Crippen molar-refractivity contribution in [1.29, 1.82) is 0 Å². The first-order valence-corrected chi connectivity index (χ1v) is 9.75. The Kier molecular flexibility index (Phi) is 4.11. The van der Waals surface area contributed by atoms with E-state index < -0.39 is 0 Å². The molecule has 0 atom stereocenters. The third kappa shape index (κ3) is 3.05. The fraction of sp³-hybridized carbons (Fsp3) is 0.318. The van der Waals surface area contributed by atoms with Gasteiger partial charge in [-0.15, -0.1) is 0 Å². The standard InChI is InChI=1S/C22H22N4O2/c1-14-6-7-20-16(12-14)19(25-28-20)13-21(27)26-10-8-15(9-11-26)22-23-17-4-2-3-5-18(17)24-22/h2-7,12,15H,8-11,13H2,1H3,(H,23,24). The van der Waals surface area contributed by atoms with Crippen LogP contribution in [0.4, 0.5) is 0 Å². The molecule has 6 nitrogen and oxygen atoms in total. The number of hydrogen-bond donors (Lipinski definition) is 1. The number of aryl methyl sites for hydroxylation is 1. The van der Waals surface area contributed by atoms with Gasteiger partial charge in [-0.05, 0) is 44.0 Å². The van der Waals surface area contributed by atoms with Crippen LogP contribution in [0, 0.1) is 6.92 Å². The van der Waals surface area contributed by atoms with E-state index in [-0.39, 0.29) is 12.3 Å². The quantitative estimate of drug-likeness (QED) is 0.589. The zero-order valence-electron chi connectivity index (χ0n) is 15.8. The number of rotatable bonds is 3. The molecule has 1 N–H and O–H groups in total. The number of aromatic amines is 1. The van der Waals surface area contributed by atoms with E-state index in [0.717, 1.165) is 65.0 Å². The summed E-state index contributed by atoms with van der Waals surface area (Å²) >= 11 is 0. The number of imidazole rings is 1. The molecular formula is C22H22N4O2. The number of carbonyl (C=O) groups is 1. The maximum absolute atomic E-state index is 12.8. The van der Waals surface area contributed by atoms with Crippen molar-refractivity contribution in [2.45, 2.75) is 32.1 Å². The fourth-order valence-corrected chi connectivity index (χ4v) is 4.05. The largest absolute Gasteiger partial charge is 0.356 e. The lowest BCUT2D eigenvalue weighted by molar-refractivity contribution is -0.131. The van der Waals surface area contributed by atoms with Crippen LogP contribution in [0.5, 0.6) is 0 Å². The molecule has 142 valence electrons. The van der Waals surface area contributed by atoms with Crippen molar-refractivity contribution < 1.29 is 9.32 Å². The second-order valence-corrected chi connectivity index (χ2v) is 7.60. The molecule has 2 aromatic heterocycles. The Labute approximate surface area is 162 Å². The average Bonchev–Trinajstić information content (AvgIpc) is 3.32. The molecule has 2 aromatic carbocycles. The summed E-state index contributed by atoms with van der Waals surface area (Å²) in [5.74, 6) is 1.51. The van der Waals surface area contributed by atoms with E-state index in [1.54, 1.807) is 0 Å². The van der Waals surface area contributed by atoms with Gasteiger partial charge in [0.2, 0.25) is 5.91 Å². The maximum Gasteiger partial charge on any atom is 0.228 e. The molecule has 0 saturated carbocycles. The molecule has 3 heterocycles. The Morgan fingerprint density at radius 1 is 1.21 bits per heavy atom. The van der Waals surface area contributed by atoms with E-state index >= 15 is 0 Å². The van der Waals surface area contributed by atoms with E-state index in [4.69, 9.17) is 9.51 Å². The van der Waals surface area contributed by atoms with E-state index in [9.17, 15) is 4.79 Å². The Morgan fingerprint density at radius 2 is 2.04 bits per heavy atom. The van der Waals surface area contributed by atoms with Crippen LogP contribution in [-0.4, -0.2) is 39.0 Å². The monoisotopic (exact) mass is 374 g/mol. The van der Waals surface area contributed by atoms with Gasteiger partial charge < -0.3 is 14.4 Å². The van der Waals surface area contributed by atoms with Crippen LogP contribution in [0.25, 0.3) is 22.0 Å². The molecule has 0 bridgehead atoms. The van der Waals surface area contributed by atoms with Crippen LogP contribution in [0.15, 0.2) is 47.0 Å². The van der Waals surface area contributed by atoms with Crippen LogP contribution in [0.2, 0.25) is 0 Å². The van der Waals surface area contributed by atoms with Gasteiger partial charge in [0, 0.05) is 24.4 Å². The normalized spacial score (nSPS) is 15.5. The van der Waals surface area contributed by atoms with Crippen molar-refractivity contribution >= 4 is 27.9 Å². The molecule has 0 spiro atoms. The lowest BCUT2D eigenvalue weighted by Crippen LogP contribution is -2.39. The van der Waals surface area contributed by atoms with Crippen molar-refractivity contribution in [1.82, 2.24) is 20.0 Å². The number of nitrogens with zero attached hydrogens (tertiary/aromatic N) is 3. The van der Waals surface area contributed by atoms with Gasteiger partial charge in [0.25, 0.3) is 0 Å². The predicted octanol–water partition coefficient (Wildman–Crippen LogP) is 3.96. The third-order valence-electron chi connectivity index (χ3n) is 5.66. The smallest absolute Gasteiger partial charge is 0.228 e. The Balaban J connectivity index is 1.26. The highest BCUT2D eigenvalue weighted by Crippen LogP contribution is 2.28. The SMILES string of the molecule is Cc1ccc2onc(CC(=O)N3CCC(c4nc5ccccc5[nH]4)CC3)c2c1. The summed E-state index contributed by atoms with van der Waals surface area (Å²) in [7, 11) is 0. The minimum absolute atomic E-state index is 0.111. The van der Waals surface area contributed by atoms with E-state index in [2.05, 4.69) is 16.2 Å². The zero-order chi connectivity index (χ0) is 19.1. The number of benzene rings is 2. The van der Waals surface area contributed by atoms with Gasteiger partial charge in [-0.2, -0.15) is 0 Å². The number of carbonyl (C=O) groups excluding carboxylic acids is 1. The number of amides is 1. The van der Waals surface area contributed by atoms with Crippen molar-refractivity contribution in [3.8, 4) is 0 Å². The minimum Gasteiger partial charge on any atom is -0.356 e. The topological polar surface area (TPSA) is 75.0 Å². The Hall–Kier alpha value is -3.15. The molecule has 4 aromatic rings. The van der Waals surface area contributed by atoms with Crippen LogP contribution in [0.1, 0.15) is 35.8 Å². The average molecular weight is 374 g/mol. The highest BCUT2D eigenvalue weighted by molar-refractivity contribution is 5.86. The molecule has 28 heavy (non-hydrogen) atoms. The zero-order valence-corrected chi connectivity index (χ0v) is 15.8. The first-order chi connectivity index (χ1) is 13.7. The van der Waals surface area contributed by atoms with Crippen molar-refractivity contribution in [3.05, 3.63) is 59.5 Å². The fourth-order valence-electron chi connectivity index (χ4n) is 4.05. The highest BCUT2D eigenvalue weighted by atomic mass is 16.5. The lowest BCUT2D eigenvalue weighted by Gasteiger charge is -2.31. The first kappa shape index (κ1) is 17.0. The number of aromatic nitrogens is 3. The number of H-pyrrole nitrogens is 1. The van der Waals surface area contributed by atoms with E-state index in [0.29, 0.717) is 5.92 Å². The molecule has 0 unspecified atom stereocenters. The summed E-state index contributed by atoms with van der Waals surface area (Å²) in [6.07, 6.45) is 2.13. The minimum atomic E-state index is 0.111. The second kappa shape index (κ2) is 6.78. The molecule has 0 radical (unpaired) electrons. The van der Waals surface area contributed by atoms with Gasteiger partial charge >= 0.3 is 0 Å². The summed E-state index contributed by atoms with van der Waals surface area (Å²) in [6, 6.07) is 14.0. The van der Waals surface area contributed by atoms with Crippen molar-refractivity contribution in [2.75, 3.05) is 13.1 Å². The van der Waals surface area contributed by atoms with Gasteiger partial charge in [-0.1, -0.05) is 28.9 Å². The molecule has 1 aliphatic heterocycles. The summed E-state index contributed by atoms with van der Waals surface area (Å²) in [4.78, 5) is 22.9. The van der Waals surface area contributed by atoms with Crippen LogP contribution in [0.3, 0.4) is 0 Å². The second-order valence-electron chi connectivity index (χ2n) is 7.60. The molecule has 1 saturated heterocycles. The molecule has 1 fully saturated rings. The molecule has 0 aliphatic carbocycles. The summed E-state index contributed by atoms with van der Waals surface area (Å²) < 4.78 is 5.36. The van der Waals surface area contributed by atoms with Gasteiger partial charge in [0.1, 0.15) is 11.5 Å². The Morgan fingerprint density at radius 3 is 2.86 bits per heavy atom. The summed E-state index contributed by atoms with van der Waals surface area (Å²) in [5, 5.41) is 5.06. The van der Waals surface area contributed by atoms with E-state index in [1.807, 2.05) is 48.2 Å². The molecule has 6 heteroatoms. The van der Waals surface area contributed by atoms with Crippen LogP contribution >= 0.6 is 0 Å². The number of nitrogens with one attached hydrogen (secondary N) is 1. The molecule has 1 amide bonds. The van der Waals surface area contributed by atoms with Crippen LogP contribution in [-0.2, 0) is 11.2 Å². The molecule has 1 aliphatic rings. The number of fused-ring (bicyclic) bond motifs is 2. The van der Waals surface area contributed by atoms with Gasteiger partial charge in [-0.3, -0.25) is 4.79 Å². The van der Waals surface area contributed by atoms with Gasteiger partial charge in [0.15, 0.2) is 5.58 Å². The predicted molar refractivity (Wildman–Crippen MR) is 107 cm³/mol. The Bertz CT molecular complexity index is 1120. The first-order valence-electron chi connectivity index (χ1n) is 9.75. The lowest BCUT2D eigenvalue weighted by atomic mass is 9.96. The van der Waals surface area contributed by atoms with Crippen molar-refractivity contribution in [2.24, 2.45) is 0 Å². The molecule has 5 rings (SSSR count). The highest BCUT2D eigenvalue weighted by Gasteiger charge is 2.26. The third-order valence-corrected chi connectivity index (χ3v) is 5.66.